The topological polar surface area (TPSA) is 112 Å². The van der Waals surface area contributed by atoms with Crippen LogP contribution in [-0.4, -0.2) is 53.4 Å². The van der Waals surface area contributed by atoms with Crippen molar-refractivity contribution in [2.45, 2.75) is 43.9 Å². The smallest absolute Gasteiger partial charge is 0.397 e. The molecule has 0 radical (unpaired) electrons. The van der Waals surface area contributed by atoms with Crippen LogP contribution in [0, 0.1) is 0 Å². The predicted molar refractivity (Wildman–Crippen MR) is 94.5 cm³/mol. The first-order valence-electron chi connectivity index (χ1n) is 8.61. The molecule has 1 aromatic heterocycles. The van der Waals surface area contributed by atoms with Gasteiger partial charge in [0, 0.05) is 30.2 Å². The molecule has 0 saturated carbocycles. The van der Waals surface area contributed by atoms with Crippen LogP contribution in [0.1, 0.15) is 31.0 Å². The van der Waals surface area contributed by atoms with Crippen LogP contribution < -0.4 is 10.6 Å². The molecule has 2 amide bonds. The van der Waals surface area contributed by atoms with E-state index < -0.39 is 11.9 Å². The fraction of sp³-hybridized carbons (Fsp3) is 0.625. The van der Waals surface area contributed by atoms with Crippen LogP contribution in [0.5, 0.6) is 0 Å². The minimum absolute atomic E-state index is 0.0389. The Hall–Kier alpha value is -2.07. The van der Waals surface area contributed by atoms with Gasteiger partial charge in [0.1, 0.15) is 12.4 Å². The second-order valence-electron chi connectivity index (χ2n) is 6.04. The van der Waals surface area contributed by atoms with Crippen molar-refractivity contribution in [3.8, 4) is 0 Å². The van der Waals surface area contributed by atoms with Gasteiger partial charge in [0.2, 0.25) is 5.91 Å². The number of carbonyl (C=O) groups excluding carboxylic acids is 3. The third-order valence-electron chi connectivity index (χ3n) is 4.16. The van der Waals surface area contributed by atoms with Gasteiger partial charge >= 0.3 is 11.9 Å². The first-order chi connectivity index (χ1) is 12.6. The van der Waals surface area contributed by atoms with E-state index in [0.717, 1.165) is 30.7 Å². The summed E-state index contributed by atoms with van der Waals surface area (Å²) in [7, 11) is 0. The number of fused-ring (bicyclic) bond motifs is 1. The van der Waals surface area contributed by atoms with Crippen molar-refractivity contribution in [1.82, 2.24) is 15.1 Å². The lowest BCUT2D eigenvalue weighted by atomic mass is 10.2. The van der Waals surface area contributed by atoms with Gasteiger partial charge in [-0.25, -0.2) is 9.48 Å². The molecule has 26 heavy (non-hydrogen) atoms. The van der Waals surface area contributed by atoms with Gasteiger partial charge in [0.05, 0.1) is 18.4 Å². The average Bonchev–Trinajstić information content (AvgIpc) is 3.33. The lowest BCUT2D eigenvalue weighted by Crippen LogP contribution is -2.35. The summed E-state index contributed by atoms with van der Waals surface area (Å²) in [6.45, 7) is 2.89. The van der Waals surface area contributed by atoms with Gasteiger partial charge in [-0.2, -0.15) is 16.9 Å². The lowest BCUT2D eigenvalue weighted by molar-refractivity contribution is -0.152. The fourth-order valence-electron chi connectivity index (χ4n) is 2.90. The Morgan fingerprint density at radius 1 is 1.38 bits per heavy atom. The van der Waals surface area contributed by atoms with Crippen LogP contribution in [0.2, 0.25) is 0 Å². The minimum Gasteiger partial charge on any atom is -0.459 e. The molecular weight excluding hydrogens is 360 g/mol. The molecule has 2 aliphatic heterocycles. The van der Waals surface area contributed by atoms with Crippen LogP contribution in [-0.2, 0) is 41.9 Å². The molecule has 142 valence electrons. The van der Waals surface area contributed by atoms with Gasteiger partial charge in [0.15, 0.2) is 0 Å². The summed E-state index contributed by atoms with van der Waals surface area (Å²) >= 11 is 1.66. The van der Waals surface area contributed by atoms with Crippen LogP contribution in [0.3, 0.4) is 0 Å². The second-order valence-corrected chi connectivity index (χ2v) is 7.02. The summed E-state index contributed by atoms with van der Waals surface area (Å²) in [4.78, 5) is 35.8. The van der Waals surface area contributed by atoms with Crippen LogP contribution >= 0.6 is 11.8 Å². The number of nitrogens with zero attached hydrogens (tertiary/aromatic N) is 2. The van der Waals surface area contributed by atoms with Crippen molar-refractivity contribution in [2.24, 2.45) is 0 Å². The molecule has 1 aromatic rings. The summed E-state index contributed by atoms with van der Waals surface area (Å²) in [6.07, 6.45) is 2.00. The summed E-state index contributed by atoms with van der Waals surface area (Å²) < 4.78 is 11.6. The number of carbonyl (C=O) groups is 3. The van der Waals surface area contributed by atoms with E-state index in [-0.39, 0.29) is 25.2 Å². The number of amides is 2. The van der Waals surface area contributed by atoms with Gasteiger partial charge in [-0.3, -0.25) is 9.59 Å². The molecule has 9 nitrogen and oxygen atoms in total. The fourth-order valence-corrected chi connectivity index (χ4v) is 3.94. The number of aromatic nitrogens is 2. The summed E-state index contributed by atoms with van der Waals surface area (Å²) in [6, 6.07) is 0. The first kappa shape index (κ1) is 18.7. The number of thioether (sulfide) groups is 1. The highest BCUT2D eigenvalue weighted by Gasteiger charge is 2.27. The van der Waals surface area contributed by atoms with Gasteiger partial charge in [0.25, 0.3) is 0 Å². The molecular formula is C16H22N4O5S. The molecule has 3 rings (SSSR count). The quantitative estimate of drug-likeness (QED) is 0.542. The largest absolute Gasteiger partial charge is 0.459 e. The molecule has 2 aliphatic rings. The van der Waals surface area contributed by atoms with Gasteiger partial charge in [-0.1, -0.05) is 0 Å². The van der Waals surface area contributed by atoms with Crippen molar-refractivity contribution < 1.29 is 23.9 Å². The molecule has 2 N–H and O–H groups in total. The van der Waals surface area contributed by atoms with E-state index in [1.54, 1.807) is 18.7 Å². The second kappa shape index (κ2) is 8.54. The number of hydrogen-bond acceptors (Lipinski definition) is 7. The van der Waals surface area contributed by atoms with Crippen molar-refractivity contribution in [2.75, 3.05) is 25.1 Å². The normalized spacial score (nSPS) is 18.4. The maximum absolute atomic E-state index is 12.2. The van der Waals surface area contributed by atoms with Crippen LogP contribution in [0.4, 0.5) is 5.82 Å². The number of nitrogens with one attached hydrogen (secondary N) is 2. The highest BCUT2D eigenvalue weighted by molar-refractivity contribution is 7.98. The minimum atomic E-state index is -0.956. The number of esters is 1. The number of anilines is 1. The summed E-state index contributed by atoms with van der Waals surface area (Å²) in [5, 5.41) is 9.78. The number of hydrogen-bond donors (Lipinski definition) is 2. The number of ether oxygens (including phenoxy) is 2. The Balaban J connectivity index is 1.65. The standard InChI is InChI=1S/C16H22N4O5S/c1-2-24-16(23)15(22)18-14-11-8-26-9-12(11)19-20(14)7-13(21)17-6-10-4-3-5-25-10/h10H,2-9H2,1H3,(H,17,21)(H,18,22). The molecule has 1 saturated heterocycles. The third-order valence-corrected chi connectivity index (χ3v) is 5.13. The zero-order valence-corrected chi connectivity index (χ0v) is 15.4. The van der Waals surface area contributed by atoms with E-state index >= 15 is 0 Å². The third kappa shape index (κ3) is 4.36. The summed E-state index contributed by atoms with van der Waals surface area (Å²) in [5.41, 5.74) is 1.67. The zero-order chi connectivity index (χ0) is 18.5. The van der Waals surface area contributed by atoms with Crippen LogP contribution in [0.15, 0.2) is 0 Å². The average molecular weight is 382 g/mol. The highest BCUT2D eigenvalue weighted by atomic mass is 32.2. The van der Waals surface area contributed by atoms with Gasteiger partial charge in [-0.05, 0) is 19.8 Å². The van der Waals surface area contributed by atoms with Crippen molar-refractivity contribution >= 4 is 35.4 Å². The van der Waals surface area contributed by atoms with E-state index in [0.29, 0.717) is 23.9 Å². The Bertz CT molecular complexity index is 699. The summed E-state index contributed by atoms with van der Waals surface area (Å²) in [5.74, 6) is -0.279. The lowest BCUT2D eigenvalue weighted by Gasteiger charge is -2.13. The maximum atomic E-state index is 12.2. The van der Waals surface area contributed by atoms with Gasteiger partial charge < -0.3 is 20.1 Å². The van der Waals surface area contributed by atoms with E-state index in [2.05, 4.69) is 15.7 Å². The predicted octanol–water partition coefficient (Wildman–Crippen LogP) is 0.427. The molecule has 10 heteroatoms. The molecule has 0 aromatic carbocycles. The Kier molecular flexibility index (Phi) is 6.15. The Labute approximate surface area is 155 Å². The molecule has 0 spiro atoms. The van der Waals surface area contributed by atoms with Gasteiger partial charge in [-0.15, -0.1) is 0 Å². The van der Waals surface area contributed by atoms with Crippen molar-refractivity contribution in [1.29, 1.82) is 0 Å². The first-order valence-corrected chi connectivity index (χ1v) is 9.76. The Morgan fingerprint density at radius 3 is 2.96 bits per heavy atom. The van der Waals surface area contributed by atoms with E-state index in [4.69, 9.17) is 9.47 Å². The molecule has 1 atom stereocenters. The zero-order valence-electron chi connectivity index (χ0n) is 14.6. The molecule has 0 bridgehead atoms. The SMILES string of the molecule is CCOC(=O)C(=O)Nc1c2c(nn1CC(=O)NCC1CCCO1)CSC2. The van der Waals surface area contributed by atoms with E-state index in [1.807, 2.05) is 0 Å². The monoisotopic (exact) mass is 382 g/mol. The highest BCUT2D eigenvalue weighted by Crippen LogP contribution is 2.34. The maximum Gasteiger partial charge on any atom is 0.397 e. The van der Waals surface area contributed by atoms with E-state index in [9.17, 15) is 14.4 Å². The van der Waals surface area contributed by atoms with Crippen molar-refractivity contribution in [3.63, 3.8) is 0 Å². The molecule has 0 aliphatic carbocycles. The Morgan fingerprint density at radius 2 is 2.23 bits per heavy atom. The molecule has 3 heterocycles. The molecule has 1 fully saturated rings. The van der Waals surface area contributed by atoms with E-state index in [1.165, 1.54) is 4.68 Å². The van der Waals surface area contributed by atoms with Crippen LogP contribution in [0.25, 0.3) is 0 Å². The molecule has 1 unspecified atom stereocenters. The van der Waals surface area contributed by atoms with Crippen molar-refractivity contribution in [3.05, 3.63) is 11.3 Å². The number of rotatable bonds is 6.